The fourth-order valence-electron chi connectivity index (χ4n) is 2.65. The van der Waals surface area contributed by atoms with Gasteiger partial charge in [-0.05, 0) is 49.8 Å². The number of carbonyl (C=O) groups excluding carboxylic acids is 1. The third kappa shape index (κ3) is 4.93. The second-order valence-electron chi connectivity index (χ2n) is 6.55. The number of hydrogen-bond acceptors (Lipinski definition) is 2. The lowest BCUT2D eigenvalue weighted by molar-refractivity contribution is 0.158. The molecular formula is C18H28N2O2. The molecule has 1 aliphatic rings. The number of carbonyl (C=O) groups is 1. The molecule has 1 atom stereocenters. The lowest BCUT2D eigenvalue weighted by Crippen LogP contribution is -2.47. The predicted octanol–water partition coefficient (Wildman–Crippen LogP) is 3.81. The molecule has 0 spiro atoms. The Labute approximate surface area is 133 Å². The fourth-order valence-corrected chi connectivity index (χ4v) is 2.65. The summed E-state index contributed by atoms with van der Waals surface area (Å²) in [6.07, 6.45) is 3.44. The Morgan fingerprint density at radius 3 is 2.68 bits per heavy atom. The van der Waals surface area contributed by atoms with Crippen LogP contribution in [0, 0.1) is 5.92 Å². The number of likely N-dealkylation sites (tertiary alicyclic amines) is 1. The van der Waals surface area contributed by atoms with Crippen molar-refractivity contribution in [1.29, 1.82) is 0 Å². The molecule has 1 aromatic rings. The molecule has 1 N–H and O–H groups in total. The molecule has 2 amide bonds. The average molecular weight is 304 g/mol. The van der Waals surface area contributed by atoms with Crippen LogP contribution in [0.4, 0.5) is 4.79 Å². The van der Waals surface area contributed by atoms with Crippen molar-refractivity contribution >= 4 is 6.03 Å². The van der Waals surface area contributed by atoms with Crippen LogP contribution in [0.1, 0.15) is 45.6 Å². The molecule has 0 aromatic heterocycles. The molecule has 1 aromatic carbocycles. The Balaban J connectivity index is 1.79. The first-order chi connectivity index (χ1) is 10.6. The van der Waals surface area contributed by atoms with E-state index in [9.17, 15) is 4.79 Å². The highest BCUT2D eigenvalue weighted by atomic mass is 16.5. The summed E-state index contributed by atoms with van der Waals surface area (Å²) in [5.74, 6) is 1.40. The molecule has 1 saturated heterocycles. The summed E-state index contributed by atoms with van der Waals surface area (Å²) >= 11 is 0. The molecule has 1 aliphatic heterocycles. The molecule has 1 unspecified atom stereocenters. The van der Waals surface area contributed by atoms with Gasteiger partial charge < -0.3 is 15.0 Å². The molecule has 2 rings (SSSR count). The lowest BCUT2D eigenvalue weighted by Gasteiger charge is -2.33. The summed E-state index contributed by atoms with van der Waals surface area (Å²) in [4.78, 5) is 14.2. The molecule has 0 radical (unpaired) electrons. The third-order valence-electron chi connectivity index (χ3n) is 4.01. The predicted molar refractivity (Wildman–Crippen MR) is 89.0 cm³/mol. The zero-order valence-corrected chi connectivity index (χ0v) is 14.0. The lowest BCUT2D eigenvalue weighted by atomic mass is 10.0. The van der Waals surface area contributed by atoms with Gasteiger partial charge in [-0.1, -0.05) is 26.0 Å². The quantitative estimate of drug-likeness (QED) is 0.899. The van der Waals surface area contributed by atoms with Gasteiger partial charge in [-0.2, -0.15) is 0 Å². The van der Waals surface area contributed by atoms with Crippen LogP contribution in [-0.2, 0) is 6.54 Å². The van der Waals surface area contributed by atoms with E-state index in [0.29, 0.717) is 18.5 Å². The van der Waals surface area contributed by atoms with Crippen LogP contribution in [0.15, 0.2) is 24.3 Å². The Kier molecular flexibility index (Phi) is 6.10. The van der Waals surface area contributed by atoms with Crippen molar-refractivity contribution in [2.45, 2.75) is 52.6 Å². The molecule has 122 valence electrons. The van der Waals surface area contributed by atoms with Gasteiger partial charge in [0.15, 0.2) is 0 Å². The highest BCUT2D eigenvalue weighted by Crippen LogP contribution is 2.17. The van der Waals surface area contributed by atoms with Crippen LogP contribution < -0.4 is 10.1 Å². The Morgan fingerprint density at radius 1 is 1.32 bits per heavy atom. The van der Waals surface area contributed by atoms with E-state index in [-0.39, 0.29) is 6.03 Å². The van der Waals surface area contributed by atoms with E-state index >= 15 is 0 Å². The molecule has 1 heterocycles. The topological polar surface area (TPSA) is 41.6 Å². The summed E-state index contributed by atoms with van der Waals surface area (Å²) in [5, 5.41) is 3.01. The first-order valence-electron chi connectivity index (χ1n) is 8.32. The van der Waals surface area contributed by atoms with Crippen molar-refractivity contribution in [3.63, 3.8) is 0 Å². The normalized spacial score (nSPS) is 18.4. The van der Waals surface area contributed by atoms with Crippen LogP contribution in [0.5, 0.6) is 5.75 Å². The fraction of sp³-hybridized carbons (Fsp3) is 0.611. The number of nitrogens with zero attached hydrogens (tertiary/aromatic N) is 1. The smallest absolute Gasteiger partial charge is 0.317 e. The van der Waals surface area contributed by atoms with Crippen LogP contribution in [0.2, 0.25) is 0 Å². The SMILES string of the molecule is CC(C)COc1ccc(CNC(=O)N2CCCCC2C)cc1. The number of urea groups is 1. The summed E-state index contributed by atoms with van der Waals surface area (Å²) in [6, 6.07) is 8.35. The van der Waals surface area contributed by atoms with Crippen LogP contribution in [0.25, 0.3) is 0 Å². The van der Waals surface area contributed by atoms with Crippen molar-refractivity contribution in [1.82, 2.24) is 10.2 Å². The Bertz CT molecular complexity index is 470. The van der Waals surface area contributed by atoms with Gasteiger partial charge >= 0.3 is 6.03 Å². The van der Waals surface area contributed by atoms with Gasteiger partial charge in [-0.3, -0.25) is 0 Å². The van der Waals surface area contributed by atoms with Crippen LogP contribution >= 0.6 is 0 Å². The van der Waals surface area contributed by atoms with E-state index in [1.165, 1.54) is 6.42 Å². The summed E-state index contributed by atoms with van der Waals surface area (Å²) < 4.78 is 5.66. The van der Waals surface area contributed by atoms with E-state index in [1.54, 1.807) is 0 Å². The van der Waals surface area contributed by atoms with E-state index in [1.807, 2.05) is 29.2 Å². The summed E-state index contributed by atoms with van der Waals surface area (Å²) in [5.41, 5.74) is 1.09. The number of hydrogen-bond donors (Lipinski definition) is 1. The molecule has 0 bridgehead atoms. The molecule has 1 fully saturated rings. The number of nitrogens with one attached hydrogen (secondary N) is 1. The van der Waals surface area contributed by atoms with Crippen LogP contribution in [-0.4, -0.2) is 30.1 Å². The molecule has 22 heavy (non-hydrogen) atoms. The maximum absolute atomic E-state index is 12.2. The van der Waals surface area contributed by atoms with E-state index < -0.39 is 0 Å². The minimum Gasteiger partial charge on any atom is -0.493 e. The first-order valence-corrected chi connectivity index (χ1v) is 8.32. The molecular weight excluding hydrogens is 276 g/mol. The molecule has 0 saturated carbocycles. The average Bonchev–Trinajstić information content (AvgIpc) is 2.52. The van der Waals surface area contributed by atoms with Crippen molar-refractivity contribution in [2.75, 3.05) is 13.2 Å². The van der Waals surface area contributed by atoms with E-state index in [0.717, 1.165) is 37.3 Å². The van der Waals surface area contributed by atoms with Gasteiger partial charge in [0.25, 0.3) is 0 Å². The van der Waals surface area contributed by atoms with Crippen molar-refractivity contribution in [3.8, 4) is 5.75 Å². The minimum absolute atomic E-state index is 0.0485. The number of piperidine rings is 1. The maximum Gasteiger partial charge on any atom is 0.317 e. The second kappa shape index (κ2) is 8.06. The monoisotopic (exact) mass is 304 g/mol. The first kappa shape index (κ1) is 16.7. The highest BCUT2D eigenvalue weighted by Gasteiger charge is 2.22. The molecule has 0 aliphatic carbocycles. The number of rotatable bonds is 5. The van der Waals surface area contributed by atoms with Crippen LogP contribution in [0.3, 0.4) is 0 Å². The van der Waals surface area contributed by atoms with Crippen molar-refractivity contribution < 1.29 is 9.53 Å². The van der Waals surface area contributed by atoms with Crippen molar-refractivity contribution in [2.24, 2.45) is 5.92 Å². The van der Waals surface area contributed by atoms with Gasteiger partial charge in [0, 0.05) is 19.1 Å². The second-order valence-corrected chi connectivity index (χ2v) is 6.55. The van der Waals surface area contributed by atoms with Gasteiger partial charge in [0.2, 0.25) is 0 Å². The summed E-state index contributed by atoms with van der Waals surface area (Å²) in [7, 11) is 0. The largest absolute Gasteiger partial charge is 0.493 e. The number of amides is 2. The number of ether oxygens (including phenoxy) is 1. The molecule has 4 nitrogen and oxygen atoms in total. The third-order valence-corrected chi connectivity index (χ3v) is 4.01. The summed E-state index contributed by atoms with van der Waals surface area (Å²) in [6.45, 7) is 8.54. The van der Waals surface area contributed by atoms with Gasteiger partial charge in [-0.25, -0.2) is 4.79 Å². The number of benzene rings is 1. The van der Waals surface area contributed by atoms with E-state index in [4.69, 9.17) is 4.74 Å². The van der Waals surface area contributed by atoms with Gasteiger partial charge in [-0.15, -0.1) is 0 Å². The standard InChI is InChI=1S/C18H28N2O2/c1-14(2)13-22-17-9-7-16(8-10-17)12-19-18(21)20-11-5-4-6-15(20)3/h7-10,14-15H,4-6,11-13H2,1-3H3,(H,19,21). The maximum atomic E-state index is 12.2. The zero-order chi connectivity index (χ0) is 15.9. The Hall–Kier alpha value is -1.71. The minimum atomic E-state index is 0.0485. The Morgan fingerprint density at radius 2 is 2.05 bits per heavy atom. The highest BCUT2D eigenvalue weighted by molar-refractivity contribution is 5.74. The van der Waals surface area contributed by atoms with Gasteiger partial charge in [0.05, 0.1) is 6.61 Å². The van der Waals surface area contributed by atoms with E-state index in [2.05, 4.69) is 26.1 Å². The zero-order valence-electron chi connectivity index (χ0n) is 14.0. The van der Waals surface area contributed by atoms with Crippen molar-refractivity contribution in [3.05, 3.63) is 29.8 Å². The van der Waals surface area contributed by atoms with Gasteiger partial charge in [0.1, 0.15) is 5.75 Å². The molecule has 4 heteroatoms.